The molecule has 0 amide bonds. The molecule has 0 radical (unpaired) electrons. The van der Waals surface area contributed by atoms with Crippen LogP contribution in [0.2, 0.25) is 0 Å². The summed E-state index contributed by atoms with van der Waals surface area (Å²) >= 11 is 0. The summed E-state index contributed by atoms with van der Waals surface area (Å²) in [6.45, 7) is 4.06. The van der Waals surface area contributed by atoms with Gasteiger partial charge in [-0.1, -0.05) is 30.3 Å². The van der Waals surface area contributed by atoms with Crippen LogP contribution >= 0.6 is 0 Å². The third-order valence-corrected chi connectivity index (χ3v) is 4.01. The highest BCUT2D eigenvalue weighted by atomic mass is 16.8. The number of hydrogen-bond donors (Lipinski definition) is 0. The fraction of sp³-hybridized carbons (Fsp3) is 0.562. The zero-order valence-electron chi connectivity index (χ0n) is 13.5. The Morgan fingerprint density at radius 1 is 1.29 bits per heavy atom. The Hall–Kier alpha value is -1.96. The molecule has 2 aliphatic rings. The average molecular weight is 333 g/mol. The maximum absolute atomic E-state index is 11.5. The molecule has 0 saturated carbocycles. The van der Waals surface area contributed by atoms with E-state index in [1.807, 2.05) is 30.3 Å². The number of aldehydes is 1. The smallest absolute Gasteiger partial charge is 0.231 e. The molecule has 1 aromatic rings. The van der Waals surface area contributed by atoms with Gasteiger partial charge in [0.2, 0.25) is 5.72 Å². The Morgan fingerprint density at radius 3 is 2.71 bits per heavy atom. The first-order chi connectivity index (χ1) is 11.5. The molecule has 0 aromatic heterocycles. The summed E-state index contributed by atoms with van der Waals surface area (Å²) in [7, 11) is 0. The van der Waals surface area contributed by atoms with Crippen LogP contribution in [0.15, 0.2) is 35.4 Å². The molecule has 0 bridgehead atoms. The normalized spacial score (nSPS) is 33.7. The van der Waals surface area contributed by atoms with Gasteiger partial charge in [0.25, 0.3) is 0 Å². The minimum atomic E-state index is -1.73. The van der Waals surface area contributed by atoms with Crippen LogP contribution in [0.5, 0.6) is 0 Å². The lowest BCUT2D eigenvalue weighted by atomic mass is 10.0. The molecule has 2 heterocycles. The van der Waals surface area contributed by atoms with Gasteiger partial charge in [0.15, 0.2) is 12.1 Å². The molecular weight excluding hydrogens is 314 g/mol. The summed E-state index contributed by atoms with van der Waals surface area (Å²) in [5.74, 6) is -0.893. The van der Waals surface area contributed by atoms with E-state index in [0.29, 0.717) is 12.9 Å². The van der Waals surface area contributed by atoms with Gasteiger partial charge in [-0.2, -0.15) is 0 Å². The summed E-state index contributed by atoms with van der Waals surface area (Å²) < 4.78 is 22.9. The standard InChI is InChI=1S/C16H19N3O5/c1-15(2)23-13-12(9-21-8-11-6-4-3-5-7-11)22-16(10-20,18-19-17)14(13)24-15/h3-7,10,12-14H,8-9H2,1-2H3/t12-,13-,14-,16-/m1/s1. The van der Waals surface area contributed by atoms with Crippen molar-refractivity contribution < 1.29 is 23.7 Å². The van der Waals surface area contributed by atoms with Crippen LogP contribution in [0, 0.1) is 0 Å². The number of rotatable bonds is 6. The van der Waals surface area contributed by atoms with Crippen molar-refractivity contribution in [3.8, 4) is 0 Å². The lowest BCUT2D eigenvalue weighted by Gasteiger charge is -2.26. The summed E-state index contributed by atoms with van der Waals surface area (Å²) in [5.41, 5.74) is 8.07. The predicted octanol–water partition coefficient (Wildman–Crippen LogP) is 2.33. The third-order valence-electron chi connectivity index (χ3n) is 4.01. The van der Waals surface area contributed by atoms with Crippen molar-refractivity contribution in [3.05, 3.63) is 46.3 Å². The number of nitrogens with zero attached hydrogens (tertiary/aromatic N) is 3. The Morgan fingerprint density at radius 2 is 2.04 bits per heavy atom. The zero-order valence-corrected chi connectivity index (χ0v) is 13.5. The molecule has 8 nitrogen and oxygen atoms in total. The van der Waals surface area contributed by atoms with E-state index >= 15 is 0 Å². The molecule has 8 heteroatoms. The van der Waals surface area contributed by atoms with E-state index < -0.39 is 29.8 Å². The highest BCUT2D eigenvalue weighted by Gasteiger charge is 2.63. The summed E-state index contributed by atoms with van der Waals surface area (Å²) in [6, 6.07) is 9.68. The molecule has 0 unspecified atom stereocenters. The second kappa shape index (κ2) is 6.51. The Labute approximate surface area is 139 Å². The Kier molecular flexibility index (Phi) is 4.58. The quantitative estimate of drug-likeness (QED) is 0.344. The maximum atomic E-state index is 11.5. The molecule has 24 heavy (non-hydrogen) atoms. The van der Waals surface area contributed by atoms with Gasteiger partial charge in [0.05, 0.1) is 13.2 Å². The maximum Gasteiger partial charge on any atom is 0.231 e. The van der Waals surface area contributed by atoms with E-state index in [1.165, 1.54) is 0 Å². The van der Waals surface area contributed by atoms with Gasteiger partial charge in [-0.15, -0.1) is 0 Å². The van der Waals surface area contributed by atoms with Gasteiger partial charge < -0.3 is 18.9 Å². The molecule has 2 fully saturated rings. The second-order valence-electron chi connectivity index (χ2n) is 6.24. The zero-order chi connectivity index (χ0) is 17.2. The van der Waals surface area contributed by atoms with Crippen LogP contribution in [-0.4, -0.2) is 42.7 Å². The first-order valence-electron chi connectivity index (χ1n) is 7.67. The number of carbonyl (C=O) groups excluding carboxylic acids is 1. The highest BCUT2D eigenvalue weighted by Crippen LogP contribution is 2.44. The van der Waals surface area contributed by atoms with Crippen molar-refractivity contribution in [2.75, 3.05) is 6.61 Å². The van der Waals surface area contributed by atoms with Crippen molar-refractivity contribution in [2.24, 2.45) is 5.11 Å². The molecule has 1 aromatic carbocycles. The molecule has 0 aliphatic carbocycles. The van der Waals surface area contributed by atoms with E-state index in [4.69, 9.17) is 24.5 Å². The van der Waals surface area contributed by atoms with Gasteiger partial charge in [-0.3, -0.25) is 4.79 Å². The lowest BCUT2D eigenvalue weighted by molar-refractivity contribution is -0.208. The first-order valence-corrected chi connectivity index (χ1v) is 7.67. The van der Waals surface area contributed by atoms with Gasteiger partial charge in [0, 0.05) is 4.91 Å². The monoisotopic (exact) mass is 333 g/mol. The van der Waals surface area contributed by atoms with E-state index in [-0.39, 0.29) is 6.61 Å². The van der Waals surface area contributed by atoms with Crippen molar-refractivity contribution in [1.82, 2.24) is 0 Å². The summed E-state index contributed by atoms with van der Waals surface area (Å²) in [6.07, 6.45) is -1.46. The number of carbonyl (C=O) groups is 1. The summed E-state index contributed by atoms with van der Waals surface area (Å²) in [4.78, 5) is 14.3. The number of azide groups is 1. The van der Waals surface area contributed by atoms with Crippen molar-refractivity contribution in [3.63, 3.8) is 0 Å². The Bertz CT molecular complexity index is 646. The van der Waals surface area contributed by atoms with Crippen molar-refractivity contribution in [2.45, 2.75) is 50.3 Å². The topological polar surface area (TPSA) is 103 Å². The van der Waals surface area contributed by atoms with Gasteiger partial charge in [0.1, 0.15) is 18.3 Å². The van der Waals surface area contributed by atoms with E-state index in [2.05, 4.69) is 10.0 Å². The van der Waals surface area contributed by atoms with E-state index in [9.17, 15) is 4.79 Å². The molecule has 0 N–H and O–H groups in total. The van der Waals surface area contributed by atoms with Crippen LogP contribution in [0.25, 0.3) is 10.4 Å². The molecule has 4 atom stereocenters. The minimum Gasteiger partial charge on any atom is -0.374 e. The number of fused-ring (bicyclic) bond motifs is 1. The lowest BCUT2D eigenvalue weighted by Crippen LogP contribution is -2.42. The van der Waals surface area contributed by atoms with Gasteiger partial charge in [-0.05, 0) is 30.1 Å². The van der Waals surface area contributed by atoms with Gasteiger partial charge in [-0.25, -0.2) is 0 Å². The number of benzene rings is 1. The fourth-order valence-corrected chi connectivity index (χ4v) is 3.02. The van der Waals surface area contributed by atoms with Crippen molar-refractivity contribution in [1.29, 1.82) is 0 Å². The SMILES string of the molecule is CC1(C)O[C@H]2[C@@H](O1)[C@](C=O)(N=[N+]=[N-])O[C@@H]2COCc1ccccc1. The summed E-state index contributed by atoms with van der Waals surface area (Å²) in [5, 5.41) is 3.53. The molecule has 2 saturated heterocycles. The van der Waals surface area contributed by atoms with E-state index in [1.54, 1.807) is 13.8 Å². The van der Waals surface area contributed by atoms with Crippen LogP contribution in [0.3, 0.4) is 0 Å². The first kappa shape index (κ1) is 16.9. The molecular formula is C16H19N3O5. The van der Waals surface area contributed by atoms with E-state index in [0.717, 1.165) is 5.56 Å². The number of hydrogen-bond acceptors (Lipinski definition) is 6. The second-order valence-corrected chi connectivity index (χ2v) is 6.24. The third kappa shape index (κ3) is 3.15. The largest absolute Gasteiger partial charge is 0.374 e. The minimum absolute atomic E-state index is 0.187. The molecule has 3 rings (SSSR count). The van der Waals surface area contributed by atoms with Crippen LogP contribution in [-0.2, 0) is 30.3 Å². The molecule has 2 aliphatic heterocycles. The van der Waals surface area contributed by atoms with Crippen LogP contribution in [0.4, 0.5) is 0 Å². The van der Waals surface area contributed by atoms with Gasteiger partial charge >= 0.3 is 0 Å². The molecule has 128 valence electrons. The average Bonchev–Trinajstić information content (AvgIpc) is 3.02. The van der Waals surface area contributed by atoms with Crippen LogP contribution < -0.4 is 0 Å². The predicted molar refractivity (Wildman–Crippen MR) is 82.7 cm³/mol. The van der Waals surface area contributed by atoms with Crippen LogP contribution in [0.1, 0.15) is 19.4 Å². The highest BCUT2D eigenvalue weighted by molar-refractivity contribution is 5.64. The number of ether oxygens (including phenoxy) is 4. The molecule has 0 spiro atoms. The fourth-order valence-electron chi connectivity index (χ4n) is 3.02. The van der Waals surface area contributed by atoms with Crippen molar-refractivity contribution >= 4 is 6.29 Å². The Balaban J connectivity index is 1.71.